The maximum atomic E-state index is 12.2. The number of rotatable bonds is 11. The Kier molecular flexibility index (Phi) is 8.12. The molecule has 3 atom stereocenters. The number of hydrogen-bond acceptors (Lipinski definition) is 5. The number of methoxy groups -OCH3 is 1. The molecule has 2 aliphatic rings. The van der Waals surface area contributed by atoms with Gasteiger partial charge in [0.2, 0.25) is 0 Å². The van der Waals surface area contributed by atoms with E-state index >= 15 is 0 Å². The van der Waals surface area contributed by atoms with Crippen LogP contribution in [0.3, 0.4) is 0 Å². The molecule has 1 fully saturated rings. The molecule has 0 aliphatic carbocycles. The number of hydrogen-bond donors (Lipinski definition) is 1. The lowest BCUT2D eigenvalue weighted by molar-refractivity contribution is 0.0538. The van der Waals surface area contributed by atoms with Crippen LogP contribution in [0.1, 0.15) is 40.7 Å². The van der Waals surface area contributed by atoms with Crippen LogP contribution in [0.25, 0.3) is 0 Å². The Morgan fingerprint density at radius 3 is 2.65 bits per heavy atom. The van der Waals surface area contributed by atoms with Crippen LogP contribution in [-0.4, -0.2) is 61.4 Å². The molecule has 0 radical (unpaired) electrons. The van der Waals surface area contributed by atoms with Crippen molar-refractivity contribution in [3.8, 4) is 11.5 Å². The standard InChI is InChI=1S/C30H37N3O4/c1-22-29(21-37-26-9-8-24-20-31-30(34)28(24)19-26)27(10-13-33(22)15-14-32-11-3-4-12-32)23-6-5-7-25(18-23)36-17-16-35-2/h3-9,11-12,18-19,22,27,29H,10,13-17,20-21H2,1-2H3,(H,31,34)/t22-,27?,29?/m1/s1. The highest BCUT2D eigenvalue weighted by Gasteiger charge is 2.37. The summed E-state index contributed by atoms with van der Waals surface area (Å²) in [6.07, 6.45) is 5.30. The Labute approximate surface area is 219 Å². The van der Waals surface area contributed by atoms with Gasteiger partial charge in [-0.25, -0.2) is 0 Å². The lowest BCUT2D eigenvalue weighted by Crippen LogP contribution is -2.49. The average Bonchev–Trinajstić information content (AvgIpc) is 3.57. The van der Waals surface area contributed by atoms with E-state index in [-0.39, 0.29) is 11.8 Å². The summed E-state index contributed by atoms with van der Waals surface area (Å²) in [5, 5.41) is 2.89. The molecule has 1 saturated heterocycles. The van der Waals surface area contributed by atoms with Crippen LogP contribution in [0, 0.1) is 5.92 Å². The Hall–Kier alpha value is -3.29. The van der Waals surface area contributed by atoms with Crippen molar-refractivity contribution in [1.29, 1.82) is 0 Å². The highest BCUT2D eigenvalue weighted by Crippen LogP contribution is 2.38. The molecule has 37 heavy (non-hydrogen) atoms. The number of piperidine rings is 1. The summed E-state index contributed by atoms with van der Waals surface area (Å²) >= 11 is 0. The number of aromatic nitrogens is 1. The number of carbonyl (C=O) groups excluding carboxylic acids is 1. The number of nitrogens with zero attached hydrogens (tertiary/aromatic N) is 2. The molecule has 0 spiro atoms. The van der Waals surface area contributed by atoms with Gasteiger partial charge in [0.25, 0.3) is 5.91 Å². The minimum Gasteiger partial charge on any atom is -0.493 e. The normalized spacial score (nSPS) is 21.5. The molecule has 3 heterocycles. The van der Waals surface area contributed by atoms with Crippen molar-refractivity contribution in [1.82, 2.24) is 14.8 Å². The van der Waals surface area contributed by atoms with Crippen molar-refractivity contribution in [3.05, 3.63) is 83.7 Å². The van der Waals surface area contributed by atoms with Crippen LogP contribution in [0.5, 0.6) is 11.5 Å². The number of nitrogens with one attached hydrogen (secondary N) is 1. The molecular weight excluding hydrogens is 466 g/mol. The van der Waals surface area contributed by atoms with E-state index in [1.807, 2.05) is 24.3 Å². The van der Waals surface area contributed by atoms with Crippen LogP contribution in [-0.2, 0) is 17.8 Å². The second kappa shape index (κ2) is 11.8. The fraction of sp³-hybridized carbons (Fsp3) is 0.433. The van der Waals surface area contributed by atoms with Crippen LogP contribution in [0.15, 0.2) is 67.0 Å². The van der Waals surface area contributed by atoms with Crippen molar-refractivity contribution < 1.29 is 19.0 Å². The maximum absolute atomic E-state index is 12.2. The molecule has 1 aromatic heterocycles. The number of amides is 1. The van der Waals surface area contributed by atoms with Gasteiger partial charge in [-0.05, 0) is 73.3 Å². The molecule has 1 N–H and O–H groups in total. The molecule has 0 bridgehead atoms. The average molecular weight is 504 g/mol. The van der Waals surface area contributed by atoms with Crippen molar-refractivity contribution in [2.24, 2.45) is 5.92 Å². The van der Waals surface area contributed by atoms with Gasteiger partial charge in [0, 0.05) is 56.7 Å². The molecule has 0 saturated carbocycles. The quantitative estimate of drug-likeness (QED) is 0.395. The first-order valence-electron chi connectivity index (χ1n) is 13.2. The third-order valence-electron chi connectivity index (χ3n) is 7.80. The van der Waals surface area contributed by atoms with Crippen LogP contribution in [0.2, 0.25) is 0 Å². The molecule has 3 aromatic rings. The van der Waals surface area contributed by atoms with Gasteiger partial charge in [0.15, 0.2) is 0 Å². The zero-order chi connectivity index (χ0) is 25.6. The summed E-state index contributed by atoms with van der Waals surface area (Å²) in [6.45, 7) is 7.61. The zero-order valence-corrected chi connectivity index (χ0v) is 21.8. The summed E-state index contributed by atoms with van der Waals surface area (Å²) in [5.41, 5.74) is 3.04. The molecule has 2 unspecified atom stereocenters. The minimum atomic E-state index is -0.0224. The van der Waals surface area contributed by atoms with Gasteiger partial charge < -0.3 is 24.1 Å². The largest absolute Gasteiger partial charge is 0.493 e. The Bertz CT molecular complexity index is 1180. The summed E-state index contributed by atoms with van der Waals surface area (Å²) in [4.78, 5) is 14.7. The van der Waals surface area contributed by atoms with Crippen LogP contribution in [0.4, 0.5) is 0 Å². The van der Waals surface area contributed by atoms with Gasteiger partial charge >= 0.3 is 0 Å². The van der Waals surface area contributed by atoms with Gasteiger partial charge in [-0.3, -0.25) is 9.69 Å². The van der Waals surface area contributed by atoms with Crippen molar-refractivity contribution >= 4 is 5.91 Å². The summed E-state index contributed by atoms with van der Waals surface area (Å²) in [7, 11) is 1.68. The van der Waals surface area contributed by atoms with E-state index in [4.69, 9.17) is 14.2 Å². The van der Waals surface area contributed by atoms with E-state index in [1.54, 1.807) is 7.11 Å². The molecule has 7 heteroatoms. The minimum absolute atomic E-state index is 0.0224. The zero-order valence-electron chi connectivity index (χ0n) is 21.8. The van der Waals surface area contributed by atoms with E-state index in [9.17, 15) is 4.79 Å². The van der Waals surface area contributed by atoms with Crippen molar-refractivity contribution in [2.75, 3.05) is 40.0 Å². The summed E-state index contributed by atoms with van der Waals surface area (Å²) < 4.78 is 19.7. The number of fused-ring (bicyclic) bond motifs is 1. The molecule has 7 nitrogen and oxygen atoms in total. The number of likely N-dealkylation sites (tertiary alicyclic amines) is 1. The second-order valence-electron chi connectivity index (χ2n) is 9.98. The first kappa shape index (κ1) is 25.4. The summed E-state index contributed by atoms with van der Waals surface area (Å²) in [6, 6.07) is 18.8. The fourth-order valence-corrected chi connectivity index (χ4v) is 5.63. The van der Waals surface area contributed by atoms with E-state index in [0.717, 1.165) is 48.7 Å². The maximum Gasteiger partial charge on any atom is 0.252 e. The fourth-order valence-electron chi connectivity index (χ4n) is 5.63. The van der Waals surface area contributed by atoms with E-state index in [1.165, 1.54) is 5.56 Å². The Morgan fingerprint density at radius 1 is 0.973 bits per heavy atom. The molecule has 1 amide bonds. The third-order valence-corrected chi connectivity index (χ3v) is 7.80. The predicted octanol–water partition coefficient (Wildman–Crippen LogP) is 4.33. The first-order valence-corrected chi connectivity index (χ1v) is 13.2. The van der Waals surface area contributed by atoms with Crippen LogP contribution >= 0.6 is 0 Å². The SMILES string of the molecule is COCCOc1cccc(C2CCN(CCn3cccc3)[C@H](C)C2COc2ccc3c(c2)C(=O)NC3)c1. The topological polar surface area (TPSA) is 65.0 Å². The highest BCUT2D eigenvalue weighted by atomic mass is 16.5. The number of carbonyl (C=O) groups is 1. The van der Waals surface area contributed by atoms with Gasteiger partial charge in [0.1, 0.15) is 18.1 Å². The van der Waals surface area contributed by atoms with Crippen molar-refractivity contribution in [3.63, 3.8) is 0 Å². The van der Waals surface area contributed by atoms with Crippen molar-refractivity contribution in [2.45, 2.75) is 38.4 Å². The highest BCUT2D eigenvalue weighted by molar-refractivity contribution is 5.98. The smallest absolute Gasteiger partial charge is 0.252 e. The number of ether oxygens (including phenoxy) is 3. The first-order chi connectivity index (χ1) is 18.1. The van der Waals surface area contributed by atoms with Gasteiger partial charge in [-0.1, -0.05) is 18.2 Å². The van der Waals surface area contributed by atoms with Crippen LogP contribution < -0.4 is 14.8 Å². The van der Waals surface area contributed by atoms with E-state index in [0.29, 0.717) is 38.3 Å². The molecular formula is C30H37N3O4. The Balaban J connectivity index is 1.33. The van der Waals surface area contributed by atoms with E-state index in [2.05, 4.69) is 64.4 Å². The monoisotopic (exact) mass is 503 g/mol. The molecule has 2 aromatic carbocycles. The van der Waals surface area contributed by atoms with Gasteiger partial charge in [-0.15, -0.1) is 0 Å². The van der Waals surface area contributed by atoms with Gasteiger partial charge in [0.05, 0.1) is 13.2 Å². The summed E-state index contributed by atoms with van der Waals surface area (Å²) in [5.74, 6) is 2.24. The lowest BCUT2D eigenvalue weighted by Gasteiger charge is -2.44. The third kappa shape index (κ3) is 6.00. The molecule has 196 valence electrons. The van der Waals surface area contributed by atoms with E-state index < -0.39 is 0 Å². The molecule has 2 aliphatic heterocycles. The number of benzene rings is 2. The Morgan fingerprint density at radius 2 is 1.81 bits per heavy atom. The van der Waals surface area contributed by atoms with Gasteiger partial charge in [-0.2, -0.15) is 0 Å². The predicted molar refractivity (Wildman–Crippen MR) is 143 cm³/mol. The molecule has 5 rings (SSSR count). The lowest BCUT2D eigenvalue weighted by atomic mass is 9.76. The second-order valence-corrected chi connectivity index (χ2v) is 9.98.